The Kier molecular flexibility index (Phi) is 2.78. The van der Waals surface area contributed by atoms with Gasteiger partial charge in [0.15, 0.2) is 0 Å². The molecule has 0 radical (unpaired) electrons. The van der Waals surface area contributed by atoms with Crippen LogP contribution in [0.25, 0.3) is 0 Å². The van der Waals surface area contributed by atoms with Crippen molar-refractivity contribution in [3.8, 4) is 0 Å². The molecule has 0 aromatic carbocycles. The lowest BCUT2D eigenvalue weighted by Gasteiger charge is -2.22. The summed E-state index contributed by atoms with van der Waals surface area (Å²) in [4.78, 5) is 4.74. The largest absolute Gasteiger partial charge is 0.380 e. The van der Waals surface area contributed by atoms with Gasteiger partial charge in [-0.05, 0) is 24.4 Å². The number of thiophene rings is 1. The van der Waals surface area contributed by atoms with E-state index >= 15 is 0 Å². The molecule has 2 rings (SSSR count). The van der Waals surface area contributed by atoms with E-state index in [4.69, 9.17) is 11.6 Å². The summed E-state index contributed by atoms with van der Waals surface area (Å²) in [7, 11) is 0. The molecule has 1 N–H and O–H groups in total. The van der Waals surface area contributed by atoms with E-state index < -0.39 is 5.60 Å². The molecule has 0 aliphatic rings. The van der Waals surface area contributed by atoms with E-state index in [9.17, 15) is 5.11 Å². The number of hydrogen-bond acceptors (Lipinski definition) is 3. The molecular weight excluding hydrogens is 230 g/mol. The predicted octanol–water partition coefficient (Wildman–Crippen LogP) is 3.05. The number of halogens is 1. The molecule has 15 heavy (non-hydrogen) atoms. The van der Waals surface area contributed by atoms with E-state index in [1.807, 2.05) is 11.4 Å². The van der Waals surface area contributed by atoms with Crippen molar-refractivity contribution in [2.75, 3.05) is 0 Å². The minimum Gasteiger partial charge on any atom is -0.380 e. The number of pyridine rings is 1. The second kappa shape index (κ2) is 3.93. The second-order valence-corrected chi connectivity index (χ2v) is 4.73. The molecule has 1 unspecified atom stereocenters. The molecule has 2 heterocycles. The minimum atomic E-state index is -1.07. The number of nitrogens with zero attached hydrogens (tertiary/aromatic N) is 1. The van der Waals surface area contributed by atoms with E-state index in [-0.39, 0.29) is 0 Å². The monoisotopic (exact) mass is 239 g/mol. The van der Waals surface area contributed by atoms with E-state index in [1.165, 1.54) is 11.3 Å². The number of rotatable bonds is 2. The first-order valence-corrected chi connectivity index (χ1v) is 5.74. The third kappa shape index (κ3) is 1.91. The van der Waals surface area contributed by atoms with Gasteiger partial charge in [0.2, 0.25) is 0 Å². The summed E-state index contributed by atoms with van der Waals surface area (Å²) in [5.41, 5.74) is -0.325. The maximum absolute atomic E-state index is 10.4. The van der Waals surface area contributed by atoms with Crippen LogP contribution in [-0.4, -0.2) is 10.1 Å². The van der Waals surface area contributed by atoms with Crippen molar-refractivity contribution >= 4 is 22.9 Å². The summed E-state index contributed by atoms with van der Waals surface area (Å²) in [6.45, 7) is 1.72. The average molecular weight is 240 g/mol. The first kappa shape index (κ1) is 10.6. The maximum atomic E-state index is 10.4. The van der Waals surface area contributed by atoms with Crippen molar-refractivity contribution in [2.24, 2.45) is 0 Å². The first-order chi connectivity index (χ1) is 7.12. The molecule has 1 atom stereocenters. The molecule has 2 aromatic heterocycles. The second-order valence-electron chi connectivity index (χ2n) is 3.41. The third-order valence-electron chi connectivity index (χ3n) is 2.28. The molecule has 2 nitrogen and oxygen atoms in total. The van der Waals surface area contributed by atoms with E-state index in [0.717, 1.165) is 10.4 Å². The lowest BCUT2D eigenvalue weighted by Crippen LogP contribution is -2.21. The van der Waals surface area contributed by atoms with Crippen LogP contribution in [0, 0.1) is 0 Å². The van der Waals surface area contributed by atoms with Gasteiger partial charge >= 0.3 is 0 Å². The Morgan fingerprint density at radius 3 is 2.80 bits per heavy atom. The van der Waals surface area contributed by atoms with Gasteiger partial charge < -0.3 is 5.11 Å². The zero-order valence-corrected chi connectivity index (χ0v) is 9.72. The lowest BCUT2D eigenvalue weighted by atomic mass is 9.96. The molecule has 0 amide bonds. The summed E-state index contributed by atoms with van der Waals surface area (Å²) in [5.74, 6) is 0. The molecule has 0 bridgehead atoms. The number of aliphatic hydroxyl groups is 1. The minimum absolute atomic E-state index is 0.592. The molecular formula is C11H10ClNOS. The summed E-state index contributed by atoms with van der Waals surface area (Å²) < 4.78 is 0. The van der Waals surface area contributed by atoms with Gasteiger partial charge in [-0.3, -0.25) is 4.98 Å². The Morgan fingerprint density at radius 1 is 1.47 bits per heavy atom. The van der Waals surface area contributed by atoms with Crippen LogP contribution in [0.2, 0.25) is 5.02 Å². The molecule has 0 aliphatic heterocycles. The van der Waals surface area contributed by atoms with Crippen LogP contribution >= 0.6 is 22.9 Å². The van der Waals surface area contributed by atoms with Gasteiger partial charge in [-0.2, -0.15) is 0 Å². The highest BCUT2D eigenvalue weighted by Crippen LogP contribution is 2.37. The Labute approximate surface area is 97.2 Å². The summed E-state index contributed by atoms with van der Waals surface area (Å²) in [6, 6.07) is 5.42. The molecule has 0 spiro atoms. The fourth-order valence-electron chi connectivity index (χ4n) is 1.42. The normalized spacial score (nSPS) is 14.9. The molecule has 0 aliphatic carbocycles. The van der Waals surface area contributed by atoms with Crippen LogP contribution in [0.3, 0.4) is 0 Å². The van der Waals surface area contributed by atoms with Gasteiger partial charge in [-0.1, -0.05) is 17.7 Å². The van der Waals surface area contributed by atoms with Gasteiger partial charge in [0.25, 0.3) is 0 Å². The van der Waals surface area contributed by atoms with E-state index in [1.54, 1.807) is 31.5 Å². The lowest BCUT2D eigenvalue weighted by molar-refractivity contribution is 0.106. The number of hydrogen-bond donors (Lipinski definition) is 1. The first-order valence-electron chi connectivity index (χ1n) is 4.48. The molecule has 0 saturated carbocycles. The van der Waals surface area contributed by atoms with Gasteiger partial charge in [-0.25, -0.2) is 0 Å². The van der Waals surface area contributed by atoms with Crippen LogP contribution in [0.5, 0.6) is 0 Å². The SMILES string of the molecule is CC(O)(c1cccnc1)c1sccc1Cl. The molecule has 2 aromatic rings. The zero-order chi connectivity index (χ0) is 10.9. The fourth-order valence-corrected chi connectivity index (χ4v) is 2.75. The van der Waals surface area contributed by atoms with Crippen molar-refractivity contribution in [1.82, 2.24) is 4.98 Å². The van der Waals surface area contributed by atoms with Gasteiger partial charge in [0, 0.05) is 18.0 Å². The van der Waals surface area contributed by atoms with Crippen LogP contribution in [0.4, 0.5) is 0 Å². The molecule has 4 heteroatoms. The highest BCUT2D eigenvalue weighted by molar-refractivity contribution is 7.10. The Morgan fingerprint density at radius 2 is 2.27 bits per heavy atom. The molecule has 78 valence electrons. The van der Waals surface area contributed by atoms with Gasteiger partial charge in [-0.15, -0.1) is 11.3 Å². The maximum Gasteiger partial charge on any atom is 0.124 e. The Bertz CT molecular complexity index is 453. The smallest absolute Gasteiger partial charge is 0.124 e. The van der Waals surface area contributed by atoms with Crippen LogP contribution in [0.15, 0.2) is 36.0 Å². The highest BCUT2D eigenvalue weighted by Gasteiger charge is 2.29. The van der Waals surface area contributed by atoms with Crippen molar-refractivity contribution in [3.63, 3.8) is 0 Å². The van der Waals surface area contributed by atoms with Crippen LogP contribution < -0.4 is 0 Å². The predicted molar refractivity (Wildman–Crippen MR) is 62.2 cm³/mol. The zero-order valence-electron chi connectivity index (χ0n) is 8.14. The standard InChI is InChI=1S/C11H10ClNOS/c1-11(14,8-3-2-5-13-7-8)10-9(12)4-6-15-10/h2-7,14H,1H3. The summed E-state index contributed by atoms with van der Waals surface area (Å²) in [6.07, 6.45) is 3.33. The number of aromatic nitrogens is 1. The van der Waals surface area contributed by atoms with Crippen LogP contribution in [-0.2, 0) is 5.60 Å². The summed E-state index contributed by atoms with van der Waals surface area (Å²) in [5, 5.41) is 12.9. The quantitative estimate of drug-likeness (QED) is 0.874. The van der Waals surface area contributed by atoms with Gasteiger partial charge in [0.05, 0.1) is 9.90 Å². The van der Waals surface area contributed by atoms with Gasteiger partial charge in [0.1, 0.15) is 5.60 Å². The van der Waals surface area contributed by atoms with Crippen molar-refractivity contribution in [1.29, 1.82) is 0 Å². The Balaban J connectivity index is 2.48. The van der Waals surface area contributed by atoms with E-state index in [2.05, 4.69) is 4.98 Å². The third-order valence-corrected chi connectivity index (χ3v) is 3.84. The fraction of sp³-hybridized carbons (Fsp3) is 0.182. The average Bonchev–Trinajstić information content (AvgIpc) is 2.66. The van der Waals surface area contributed by atoms with Crippen molar-refractivity contribution < 1.29 is 5.11 Å². The molecule has 0 fully saturated rings. The van der Waals surface area contributed by atoms with E-state index in [0.29, 0.717) is 5.02 Å². The topological polar surface area (TPSA) is 33.1 Å². The van der Waals surface area contributed by atoms with Crippen molar-refractivity contribution in [3.05, 3.63) is 51.4 Å². The van der Waals surface area contributed by atoms with Crippen LogP contribution in [0.1, 0.15) is 17.4 Å². The highest BCUT2D eigenvalue weighted by atomic mass is 35.5. The summed E-state index contributed by atoms with van der Waals surface area (Å²) >= 11 is 7.45. The van der Waals surface area contributed by atoms with Crippen molar-refractivity contribution in [2.45, 2.75) is 12.5 Å². The molecule has 0 saturated heterocycles. The Hall–Kier alpha value is -0.900.